The van der Waals surface area contributed by atoms with Crippen LogP contribution in [0.3, 0.4) is 0 Å². The third-order valence-corrected chi connectivity index (χ3v) is 4.59. The zero-order chi connectivity index (χ0) is 17.3. The first-order valence-corrected chi connectivity index (χ1v) is 8.03. The SMILES string of the molecule is Cc1ccc(Cn2cc(C(C)OC=O)c3cc(O)ccc32)cc1Cl. The minimum Gasteiger partial charge on any atom is -0.508 e. The molecule has 0 saturated heterocycles. The third kappa shape index (κ3) is 3.10. The van der Waals surface area contributed by atoms with E-state index in [1.165, 1.54) is 0 Å². The fraction of sp³-hybridized carbons (Fsp3) is 0.211. The number of aromatic nitrogens is 1. The highest BCUT2D eigenvalue weighted by Crippen LogP contribution is 2.31. The van der Waals surface area contributed by atoms with Crippen LogP contribution in [-0.4, -0.2) is 16.1 Å². The van der Waals surface area contributed by atoms with E-state index in [0.717, 1.165) is 32.6 Å². The van der Waals surface area contributed by atoms with Gasteiger partial charge in [-0.15, -0.1) is 0 Å². The van der Waals surface area contributed by atoms with E-state index in [4.69, 9.17) is 16.3 Å². The first kappa shape index (κ1) is 16.4. The van der Waals surface area contributed by atoms with Crippen LogP contribution in [0.15, 0.2) is 42.6 Å². The van der Waals surface area contributed by atoms with Crippen LogP contribution >= 0.6 is 11.6 Å². The topological polar surface area (TPSA) is 51.5 Å². The van der Waals surface area contributed by atoms with E-state index in [9.17, 15) is 9.90 Å². The van der Waals surface area contributed by atoms with E-state index < -0.39 is 6.10 Å². The molecular weight excluding hydrogens is 326 g/mol. The molecule has 0 amide bonds. The van der Waals surface area contributed by atoms with Crippen LogP contribution in [0, 0.1) is 6.92 Å². The summed E-state index contributed by atoms with van der Waals surface area (Å²) < 4.78 is 7.14. The number of fused-ring (bicyclic) bond motifs is 1. The van der Waals surface area contributed by atoms with Crippen molar-refractivity contribution in [3.8, 4) is 5.75 Å². The largest absolute Gasteiger partial charge is 0.508 e. The van der Waals surface area contributed by atoms with Gasteiger partial charge < -0.3 is 14.4 Å². The van der Waals surface area contributed by atoms with Crippen molar-refractivity contribution in [3.05, 3.63) is 64.3 Å². The number of aromatic hydroxyl groups is 1. The molecule has 24 heavy (non-hydrogen) atoms. The molecule has 4 nitrogen and oxygen atoms in total. The molecule has 2 aromatic carbocycles. The monoisotopic (exact) mass is 343 g/mol. The van der Waals surface area contributed by atoms with E-state index in [2.05, 4.69) is 4.57 Å². The molecular formula is C19H18ClNO3. The van der Waals surface area contributed by atoms with Gasteiger partial charge in [0.15, 0.2) is 0 Å². The first-order chi connectivity index (χ1) is 11.5. The highest BCUT2D eigenvalue weighted by molar-refractivity contribution is 6.31. The number of carbonyl (C=O) groups is 1. The zero-order valence-electron chi connectivity index (χ0n) is 13.5. The van der Waals surface area contributed by atoms with Gasteiger partial charge >= 0.3 is 0 Å². The Bertz CT molecular complexity index is 901. The number of nitrogens with zero attached hydrogens (tertiary/aromatic N) is 1. The molecule has 0 spiro atoms. The van der Waals surface area contributed by atoms with Crippen molar-refractivity contribution in [1.29, 1.82) is 0 Å². The summed E-state index contributed by atoms with van der Waals surface area (Å²) in [7, 11) is 0. The number of aryl methyl sites for hydroxylation is 1. The van der Waals surface area contributed by atoms with E-state index >= 15 is 0 Å². The molecule has 124 valence electrons. The molecule has 3 rings (SSSR count). The van der Waals surface area contributed by atoms with Crippen LogP contribution in [0.25, 0.3) is 10.9 Å². The van der Waals surface area contributed by atoms with Crippen molar-refractivity contribution in [2.45, 2.75) is 26.5 Å². The van der Waals surface area contributed by atoms with E-state index in [-0.39, 0.29) is 5.75 Å². The number of ether oxygens (including phenoxy) is 1. The molecule has 1 N–H and O–H groups in total. The molecule has 0 radical (unpaired) electrons. The molecule has 0 bridgehead atoms. The molecule has 1 aromatic heterocycles. The Labute approximate surface area is 145 Å². The van der Waals surface area contributed by atoms with Gasteiger partial charge in [-0.2, -0.15) is 0 Å². The summed E-state index contributed by atoms with van der Waals surface area (Å²) in [6.07, 6.45) is 1.56. The van der Waals surface area contributed by atoms with Crippen LogP contribution < -0.4 is 0 Å². The summed E-state index contributed by atoms with van der Waals surface area (Å²) in [6, 6.07) is 11.2. The Morgan fingerprint density at radius 1 is 1.29 bits per heavy atom. The molecule has 0 fully saturated rings. The fourth-order valence-electron chi connectivity index (χ4n) is 2.86. The second-order valence-corrected chi connectivity index (χ2v) is 6.28. The fourth-order valence-corrected chi connectivity index (χ4v) is 3.06. The smallest absolute Gasteiger partial charge is 0.293 e. The van der Waals surface area contributed by atoms with Gasteiger partial charge in [-0.25, -0.2) is 0 Å². The summed E-state index contributed by atoms with van der Waals surface area (Å²) in [4.78, 5) is 10.7. The van der Waals surface area contributed by atoms with Gasteiger partial charge in [-0.1, -0.05) is 23.7 Å². The van der Waals surface area contributed by atoms with Crippen molar-refractivity contribution >= 4 is 29.0 Å². The number of halogens is 1. The number of phenols is 1. The van der Waals surface area contributed by atoms with E-state index in [0.29, 0.717) is 13.0 Å². The number of hydrogen-bond acceptors (Lipinski definition) is 3. The summed E-state index contributed by atoms with van der Waals surface area (Å²) in [5, 5.41) is 11.4. The quantitative estimate of drug-likeness (QED) is 0.689. The average molecular weight is 344 g/mol. The number of carbonyl (C=O) groups excluding carboxylic acids is 1. The predicted octanol–water partition coefficient (Wildman–Crippen LogP) is 4.59. The highest BCUT2D eigenvalue weighted by Gasteiger charge is 2.16. The van der Waals surface area contributed by atoms with Crippen LogP contribution in [-0.2, 0) is 16.1 Å². The van der Waals surface area contributed by atoms with Gasteiger partial charge in [0.05, 0.1) is 0 Å². The maximum Gasteiger partial charge on any atom is 0.293 e. The van der Waals surface area contributed by atoms with E-state index in [1.54, 1.807) is 19.1 Å². The van der Waals surface area contributed by atoms with Gasteiger partial charge in [-0.05, 0) is 49.2 Å². The lowest BCUT2D eigenvalue weighted by molar-refractivity contribution is -0.133. The number of benzene rings is 2. The van der Waals surface area contributed by atoms with Crippen molar-refractivity contribution in [1.82, 2.24) is 4.57 Å². The summed E-state index contributed by atoms with van der Waals surface area (Å²) in [5.74, 6) is 0.179. The molecule has 1 atom stereocenters. The molecule has 0 aliphatic heterocycles. The second-order valence-electron chi connectivity index (χ2n) is 5.87. The van der Waals surface area contributed by atoms with Crippen molar-refractivity contribution < 1.29 is 14.6 Å². The number of rotatable bonds is 5. The number of phenolic OH excluding ortho intramolecular Hbond substituents is 1. The van der Waals surface area contributed by atoms with Crippen molar-refractivity contribution in [2.24, 2.45) is 0 Å². The summed E-state index contributed by atoms with van der Waals surface area (Å²) in [5.41, 5.74) is 3.93. The average Bonchev–Trinajstić information content (AvgIpc) is 2.89. The lowest BCUT2D eigenvalue weighted by Crippen LogP contribution is -1.99. The maximum absolute atomic E-state index is 10.7. The Balaban J connectivity index is 2.07. The lowest BCUT2D eigenvalue weighted by Gasteiger charge is -2.08. The van der Waals surface area contributed by atoms with Gasteiger partial charge in [-0.3, -0.25) is 4.79 Å². The summed E-state index contributed by atoms with van der Waals surface area (Å²) >= 11 is 6.21. The molecule has 5 heteroatoms. The zero-order valence-corrected chi connectivity index (χ0v) is 14.2. The lowest BCUT2D eigenvalue weighted by atomic mass is 10.1. The van der Waals surface area contributed by atoms with Gasteiger partial charge in [0.1, 0.15) is 11.9 Å². The minimum absolute atomic E-state index is 0.179. The highest BCUT2D eigenvalue weighted by atomic mass is 35.5. The number of hydrogen-bond donors (Lipinski definition) is 1. The molecule has 0 saturated carbocycles. The van der Waals surface area contributed by atoms with Gasteiger partial charge in [0.2, 0.25) is 0 Å². The molecule has 0 aliphatic carbocycles. The van der Waals surface area contributed by atoms with E-state index in [1.807, 2.05) is 37.4 Å². The predicted molar refractivity (Wildman–Crippen MR) is 94.5 cm³/mol. The second kappa shape index (κ2) is 6.57. The minimum atomic E-state index is -0.394. The Morgan fingerprint density at radius 2 is 2.08 bits per heavy atom. The van der Waals surface area contributed by atoms with Gasteiger partial charge in [0, 0.05) is 34.2 Å². The van der Waals surface area contributed by atoms with Crippen LogP contribution in [0.4, 0.5) is 0 Å². The first-order valence-electron chi connectivity index (χ1n) is 7.65. The summed E-state index contributed by atoms with van der Waals surface area (Å²) in [6.45, 7) is 4.85. The maximum atomic E-state index is 10.7. The molecule has 3 aromatic rings. The third-order valence-electron chi connectivity index (χ3n) is 4.18. The Morgan fingerprint density at radius 3 is 2.79 bits per heavy atom. The van der Waals surface area contributed by atoms with Crippen LogP contribution in [0.5, 0.6) is 5.75 Å². The van der Waals surface area contributed by atoms with Crippen molar-refractivity contribution in [2.75, 3.05) is 0 Å². The Hall–Kier alpha value is -2.46. The van der Waals surface area contributed by atoms with Crippen molar-refractivity contribution in [3.63, 3.8) is 0 Å². The normalized spacial score (nSPS) is 12.3. The standard InChI is InChI=1S/C19H18ClNO3/c1-12-3-4-14(7-18(12)20)9-21-10-17(13(2)24-11-22)16-8-15(23)5-6-19(16)21/h3-8,10-11,13,23H,9H2,1-2H3. The molecule has 1 heterocycles. The van der Waals surface area contributed by atoms with Crippen LogP contribution in [0.1, 0.15) is 29.7 Å². The van der Waals surface area contributed by atoms with Gasteiger partial charge in [0.25, 0.3) is 6.47 Å². The molecule has 1 unspecified atom stereocenters. The van der Waals surface area contributed by atoms with Crippen LogP contribution in [0.2, 0.25) is 5.02 Å². The molecule has 0 aliphatic rings. The Kier molecular flexibility index (Phi) is 4.49.